The number of aromatic nitrogens is 4. The zero-order chi connectivity index (χ0) is 24.4. The van der Waals surface area contributed by atoms with Crippen LogP contribution in [0.2, 0.25) is 0 Å². The van der Waals surface area contributed by atoms with Crippen molar-refractivity contribution in [2.45, 2.75) is 46.6 Å². The molecule has 8 nitrogen and oxygen atoms in total. The monoisotopic (exact) mass is 479 g/mol. The van der Waals surface area contributed by atoms with Crippen molar-refractivity contribution in [3.63, 3.8) is 0 Å². The Kier molecular flexibility index (Phi) is 6.83. The first kappa shape index (κ1) is 23.7. The van der Waals surface area contributed by atoms with Crippen LogP contribution in [0.15, 0.2) is 29.8 Å². The number of hydrogen-bond acceptors (Lipinski definition) is 7. The van der Waals surface area contributed by atoms with Gasteiger partial charge in [-0.15, -0.1) is 11.3 Å². The van der Waals surface area contributed by atoms with Crippen molar-refractivity contribution in [3.05, 3.63) is 46.6 Å². The number of methoxy groups -OCH3 is 2. The second-order valence-electron chi connectivity index (χ2n) is 8.37. The Morgan fingerprint density at radius 2 is 1.97 bits per heavy atom. The van der Waals surface area contributed by atoms with Gasteiger partial charge in [-0.3, -0.25) is 4.79 Å². The molecule has 178 valence electrons. The summed E-state index contributed by atoms with van der Waals surface area (Å²) in [6, 6.07) is 5.80. The summed E-state index contributed by atoms with van der Waals surface area (Å²) < 4.78 is 12.7. The number of pyridine rings is 1. The number of fused-ring (bicyclic) bond motifs is 1. The first-order valence-electron chi connectivity index (χ1n) is 11.1. The van der Waals surface area contributed by atoms with E-state index >= 15 is 0 Å². The number of amides is 1. The maximum Gasteiger partial charge on any atom is 0.226 e. The Morgan fingerprint density at radius 1 is 1.18 bits per heavy atom. The maximum absolute atomic E-state index is 12.7. The first-order chi connectivity index (χ1) is 16.3. The SMILES string of the molecule is COc1ccc(-c2csc(NC(=O)CCc3c(C)nc4c(cnn4C(C)C)c3C)n2)c(OC)c1. The van der Waals surface area contributed by atoms with Gasteiger partial charge in [0.05, 0.1) is 26.1 Å². The van der Waals surface area contributed by atoms with Crippen molar-refractivity contribution >= 4 is 33.4 Å². The van der Waals surface area contributed by atoms with Gasteiger partial charge >= 0.3 is 0 Å². The quantitative estimate of drug-likeness (QED) is 0.367. The summed E-state index contributed by atoms with van der Waals surface area (Å²) in [7, 11) is 3.22. The molecule has 1 amide bonds. The molecule has 4 rings (SSSR count). The minimum Gasteiger partial charge on any atom is -0.497 e. The maximum atomic E-state index is 12.7. The summed E-state index contributed by atoms with van der Waals surface area (Å²) in [5, 5.41) is 10.9. The van der Waals surface area contributed by atoms with E-state index in [-0.39, 0.29) is 11.9 Å². The Balaban J connectivity index is 1.46. The molecule has 1 N–H and O–H groups in total. The summed E-state index contributed by atoms with van der Waals surface area (Å²) in [5.41, 5.74) is 5.63. The molecule has 3 heterocycles. The molecule has 34 heavy (non-hydrogen) atoms. The third kappa shape index (κ3) is 4.61. The van der Waals surface area contributed by atoms with Gasteiger partial charge in [-0.05, 0) is 57.4 Å². The fourth-order valence-corrected chi connectivity index (χ4v) is 4.75. The number of carbonyl (C=O) groups excluding carboxylic acids is 1. The Labute approximate surface area is 203 Å². The van der Waals surface area contributed by atoms with Gasteiger partial charge in [0.25, 0.3) is 0 Å². The third-order valence-electron chi connectivity index (χ3n) is 5.86. The van der Waals surface area contributed by atoms with E-state index < -0.39 is 0 Å². The molecule has 0 aliphatic rings. The van der Waals surface area contributed by atoms with E-state index in [0.29, 0.717) is 29.5 Å². The molecule has 0 fully saturated rings. The lowest BCUT2D eigenvalue weighted by molar-refractivity contribution is -0.116. The fourth-order valence-electron chi connectivity index (χ4n) is 4.02. The second kappa shape index (κ2) is 9.80. The van der Waals surface area contributed by atoms with E-state index in [9.17, 15) is 4.79 Å². The Bertz CT molecular complexity index is 1340. The molecule has 0 aliphatic carbocycles. The lowest BCUT2D eigenvalue weighted by Crippen LogP contribution is -2.13. The largest absolute Gasteiger partial charge is 0.497 e. The highest BCUT2D eigenvalue weighted by atomic mass is 32.1. The average molecular weight is 480 g/mol. The molecule has 0 aliphatic heterocycles. The average Bonchev–Trinajstić information content (AvgIpc) is 3.45. The summed E-state index contributed by atoms with van der Waals surface area (Å²) in [4.78, 5) is 22.1. The molecule has 0 unspecified atom stereocenters. The van der Waals surface area contributed by atoms with Gasteiger partial charge in [0.15, 0.2) is 10.8 Å². The number of nitrogens with zero attached hydrogens (tertiary/aromatic N) is 4. The minimum absolute atomic E-state index is 0.0839. The summed E-state index contributed by atoms with van der Waals surface area (Å²) in [6.45, 7) is 8.25. The Hall–Kier alpha value is -3.46. The molecule has 0 radical (unpaired) electrons. The number of anilines is 1. The molecule has 1 aromatic carbocycles. The highest BCUT2D eigenvalue weighted by Gasteiger charge is 2.17. The van der Waals surface area contributed by atoms with Crippen LogP contribution in [0.4, 0.5) is 5.13 Å². The lowest BCUT2D eigenvalue weighted by Gasteiger charge is -2.12. The van der Waals surface area contributed by atoms with Crippen molar-refractivity contribution in [1.29, 1.82) is 0 Å². The molecule has 0 bridgehead atoms. The van der Waals surface area contributed by atoms with Crippen LogP contribution >= 0.6 is 11.3 Å². The Morgan fingerprint density at radius 3 is 2.68 bits per heavy atom. The topological polar surface area (TPSA) is 91.2 Å². The molecule has 9 heteroatoms. The molecule has 0 spiro atoms. The number of aryl methyl sites for hydroxylation is 2. The van der Waals surface area contributed by atoms with Crippen molar-refractivity contribution < 1.29 is 14.3 Å². The summed E-state index contributed by atoms with van der Waals surface area (Å²) >= 11 is 1.38. The smallest absolute Gasteiger partial charge is 0.226 e. The van der Waals surface area contributed by atoms with Crippen molar-refractivity contribution in [1.82, 2.24) is 19.7 Å². The van der Waals surface area contributed by atoms with Crippen LogP contribution < -0.4 is 14.8 Å². The van der Waals surface area contributed by atoms with Crippen LogP contribution in [-0.4, -0.2) is 39.9 Å². The van der Waals surface area contributed by atoms with Crippen LogP contribution in [0.1, 0.15) is 43.1 Å². The van der Waals surface area contributed by atoms with Gasteiger partial charge < -0.3 is 14.8 Å². The van der Waals surface area contributed by atoms with Crippen LogP contribution in [0.3, 0.4) is 0 Å². The molecular weight excluding hydrogens is 450 g/mol. The van der Waals surface area contributed by atoms with Gasteiger partial charge in [0.2, 0.25) is 5.91 Å². The molecular formula is C25H29N5O3S. The van der Waals surface area contributed by atoms with Crippen LogP contribution in [-0.2, 0) is 11.2 Å². The van der Waals surface area contributed by atoms with E-state index in [0.717, 1.165) is 39.1 Å². The molecule has 0 atom stereocenters. The van der Waals surface area contributed by atoms with E-state index in [1.54, 1.807) is 14.2 Å². The van der Waals surface area contributed by atoms with E-state index in [2.05, 4.69) is 36.2 Å². The lowest BCUT2D eigenvalue weighted by atomic mass is 10.0. The van der Waals surface area contributed by atoms with Crippen molar-refractivity contribution in [3.8, 4) is 22.8 Å². The molecule has 4 aromatic rings. The number of hydrogen-bond donors (Lipinski definition) is 1. The van der Waals surface area contributed by atoms with Crippen LogP contribution in [0, 0.1) is 13.8 Å². The number of ether oxygens (including phenoxy) is 2. The van der Waals surface area contributed by atoms with Crippen LogP contribution in [0.25, 0.3) is 22.3 Å². The van der Waals surface area contributed by atoms with Gasteiger partial charge in [0, 0.05) is 40.6 Å². The number of carbonyl (C=O) groups is 1. The number of nitrogens with one attached hydrogen (secondary N) is 1. The molecule has 0 saturated heterocycles. The predicted octanol–water partition coefficient (Wildman–Crippen LogP) is 5.34. The minimum atomic E-state index is -0.0839. The van der Waals surface area contributed by atoms with E-state index in [1.807, 2.05) is 41.4 Å². The molecule has 3 aromatic heterocycles. The predicted molar refractivity (Wildman–Crippen MR) is 135 cm³/mol. The van der Waals surface area contributed by atoms with Gasteiger partial charge in [-0.25, -0.2) is 14.6 Å². The highest BCUT2D eigenvalue weighted by Crippen LogP contribution is 2.35. The zero-order valence-corrected chi connectivity index (χ0v) is 21.1. The highest BCUT2D eigenvalue weighted by molar-refractivity contribution is 7.14. The zero-order valence-electron chi connectivity index (χ0n) is 20.3. The standard InChI is InChI=1S/C25H29N5O3S/c1-14(2)30-24-20(12-26-30)15(3)18(16(4)27-24)9-10-23(31)29-25-28-21(13-34-25)19-8-7-17(32-5)11-22(19)33-6/h7-8,11-14H,9-10H2,1-6H3,(H,28,29,31). The van der Waals surface area contributed by atoms with Gasteiger partial charge in [-0.2, -0.15) is 5.10 Å². The summed E-state index contributed by atoms with van der Waals surface area (Å²) in [5.74, 6) is 1.29. The first-order valence-corrected chi connectivity index (χ1v) is 12.0. The number of rotatable bonds is 8. The number of benzene rings is 1. The molecule has 0 saturated carbocycles. The van der Waals surface area contributed by atoms with Gasteiger partial charge in [0.1, 0.15) is 11.5 Å². The van der Waals surface area contributed by atoms with Crippen molar-refractivity contribution in [2.75, 3.05) is 19.5 Å². The van der Waals surface area contributed by atoms with E-state index in [4.69, 9.17) is 14.5 Å². The summed E-state index contributed by atoms with van der Waals surface area (Å²) in [6.07, 6.45) is 2.81. The second-order valence-corrected chi connectivity index (χ2v) is 9.23. The van der Waals surface area contributed by atoms with Crippen molar-refractivity contribution in [2.24, 2.45) is 0 Å². The third-order valence-corrected chi connectivity index (χ3v) is 6.62. The van der Waals surface area contributed by atoms with Crippen LogP contribution in [0.5, 0.6) is 11.5 Å². The fraction of sp³-hybridized carbons (Fsp3) is 0.360. The van der Waals surface area contributed by atoms with Gasteiger partial charge in [-0.1, -0.05) is 0 Å². The van der Waals surface area contributed by atoms with E-state index in [1.165, 1.54) is 11.3 Å². The number of thiazole rings is 1. The normalized spacial score (nSPS) is 11.3.